The van der Waals surface area contributed by atoms with Crippen LogP contribution < -0.4 is 4.90 Å². The van der Waals surface area contributed by atoms with Crippen molar-refractivity contribution in [1.29, 1.82) is 0 Å². The van der Waals surface area contributed by atoms with Crippen LogP contribution in [0.2, 0.25) is 0 Å². The second kappa shape index (κ2) is 9.33. The Hall–Kier alpha value is -3.81. The van der Waals surface area contributed by atoms with Gasteiger partial charge in [-0.05, 0) is 29.5 Å². The highest BCUT2D eigenvalue weighted by molar-refractivity contribution is 5.76. The molecular formula is C28H34N6O2. The molecule has 5 rings (SSSR count). The Kier molecular flexibility index (Phi) is 6.20. The minimum atomic E-state index is -0.293. The van der Waals surface area contributed by atoms with Crippen LogP contribution in [0.5, 0.6) is 0 Å². The summed E-state index contributed by atoms with van der Waals surface area (Å²) in [6.07, 6.45) is 7.22. The first-order valence-electron chi connectivity index (χ1n) is 12.5. The Labute approximate surface area is 212 Å². The highest BCUT2D eigenvalue weighted by atomic mass is 16.6. The minimum absolute atomic E-state index is 0.0981. The molecule has 0 radical (unpaired) electrons. The van der Waals surface area contributed by atoms with Gasteiger partial charge in [0.1, 0.15) is 6.10 Å². The number of nitrogens with zero attached hydrogens (tertiary/aromatic N) is 6. The number of benzene rings is 1. The molecule has 1 unspecified atom stereocenters. The molecular weight excluding hydrogens is 452 g/mol. The third-order valence-corrected chi connectivity index (χ3v) is 6.94. The number of carbonyl (C=O) groups is 1. The van der Waals surface area contributed by atoms with E-state index in [1.807, 2.05) is 43.3 Å². The zero-order chi connectivity index (χ0) is 25.4. The first-order chi connectivity index (χ1) is 17.2. The molecule has 8 nitrogen and oxygen atoms in total. The summed E-state index contributed by atoms with van der Waals surface area (Å²) in [5.74, 6) is 0. The van der Waals surface area contributed by atoms with E-state index in [9.17, 15) is 4.79 Å². The van der Waals surface area contributed by atoms with Crippen LogP contribution >= 0.6 is 0 Å². The number of amides is 1. The average molecular weight is 487 g/mol. The maximum Gasteiger partial charge on any atom is 0.410 e. The van der Waals surface area contributed by atoms with E-state index in [1.165, 1.54) is 5.56 Å². The van der Waals surface area contributed by atoms with Crippen molar-refractivity contribution in [3.63, 3.8) is 0 Å². The highest BCUT2D eigenvalue weighted by Crippen LogP contribution is 2.28. The van der Waals surface area contributed by atoms with Crippen molar-refractivity contribution in [3.05, 3.63) is 72.3 Å². The smallest absolute Gasteiger partial charge is 0.410 e. The van der Waals surface area contributed by atoms with Crippen molar-refractivity contribution in [3.8, 4) is 11.1 Å². The number of pyridine rings is 1. The molecule has 4 aromatic rings. The van der Waals surface area contributed by atoms with E-state index in [1.54, 1.807) is 9.58 Å². The third kappa shape index (κ3) is 4.80. The Bertz CT molecular complexity index is 1360. The number of aromatic nitrogens is 4. The molecule has 0 spiro atoms. The maximum absolute atomic E-state index is 12.8. The molecule has 1 aliphatic rings. The largest absolute Gasteiger partial charge is 0.442 e. The van der Waals surface area contributed by atoms with E-state index >= 15 is 0 Å². The Balaban J connectivity index is 1.19. The molecule has 0 N–H and O–H groups in total. The monoisotopic (exact) mass is 486 g/mol. The molecule has 1 aliphatic heterocycles. The Morgan fingerprint density at radius 3 is 2.28 bits per heavy atom. The molecule has 0 aliphatic carbocycles. The topological polar surface area (TPSA) is 67.9 Å². The van der Waals surface area contributed by atoms with Crippen LogP contribution in [0.25, 0.3) is 16.6 Å². The third-order valence-electron chi connectivity index (χ3n) is 6.94. The SMILES string of the molecule is CC(OC(=O)N1CCN(c2cnn3cc(-c4cnn(C)c4)ccc23)CC1)c1ccc(C(C)(C)C)cc1. The summed E-state index contributed by atoms with van der Waals surface area (Å²) in [6.45, 7) is 11.2. The summed E-state index contributed by atoms with van der Waals surface area (Å²) in [6, 6.07) is 12.5. The number of ether oxygens (including phenoxy) is 1. The number of hydrogen-bond donors (Lipinski definition) is 0. The standard InChI is InChI=1S/C28H34N6O2/c1-20(21-6-9-24(10-7-21)28(2,3)4)36-27(35)33-14-12-32(13-15-33)26-17-30-34-19-22(8-11-25(26)34)23-16-29-31(5)18-23/h6-11,16-20H,12-15H2,1-5H3. The average Bonchev–Trinajstić information content (AvgIpc) is 3.49. The van der Waals surface area contributed by atoms with Crippen molar-refractivity contribution in [2.24, 2.45) is 7.05 Å². The second-order valence-electron chi connectivity index (χ2n) is 10.6. The number of hydrogen-bond acceptors (Lipinski definition) is 5. The van der Waals surface area contributed by atoms with Crippen LogP contribution in [-0.2, 0) is 17.2 Å². The lowest BCUT2D eigenvalue weighted by atomic mass is 9.86. The fourth-order valence-corrected chi connectivity index (χ4v) is 4.63. The fraction of sp³-hybridized carbons (Fsp3) is 0.393. The lowest BCUT2D eigenvalue weighted by Gasteiger charge is -2.35. The van der Waals surface area contributed by atoms with Crippen molar-refractivity contribution in [1.82, 2.24) is 24.3 Å². The van der Waals surface area contributed by atoms with E-state index in [0.29, 0.717) is 13.1 Å². The van der Waals surface area contributed by atoms with Crippen molar-refractivity contribution >= 4 is 17.3 Å². The molecule has 0 saturated carbocycles. The normalized spacial score (nSPS) is 15.4. The van der Waals surface area contributed by atoms with Gasteiger partial charge in [0, 0.05) is 56.7 Å². The van der Waals surface area contributed by atoms with Gasteiger partial charge in [0.05, 0.1) is 23.6 Å². The van der Waals surface area contributed by atoms with Gasteiger partial charge < -0.3 is 14.5 Å². The summed E-state index contributed by atoms with van der Waals surface area (Å²) in [4.78, 5) is 16.9. The Morgan fingerprint density at radius 1 is 0.917 bits per heavy atom. The fourth-order valence-electron chi connectivity index (χ4n) is 4.63. The minimum Gasteiger partial charge on any atom is -0.442 e. The first-order valence-corrected chi connectivity index (χ1v) is 12.5. The van der Waals surface area contributed by atoms with Crippen molar-refractivity contribution in [2.45, 2.75) is 39.2 Å². The summed E-state index contributed by atoms with van der Waals surface area (Å²) in [5.41, 5.74) is 6.62. The summed E-state index contributed by atoms with van der Waals surface area (Å²) in [7, 11) is 1.91. The van der Waals surface area contributed by atoms with Crippen LogP contribution in [0, 0.1) is 0 Å². The molecule has 1 aromatic carbocycles. The summed E-state index contributed by atoms with van der Waals surface area (Å²) < 4.78 is 9.50. The van der Waals surface area contributed by atoms with E-state index in [-0.39, 0.29) is 17.6 Å². The van der Waals surface area contributed by atoms with E-state index in [4.69, 9.17) is 4.74 Å². The van der Waals surface area contributed by atoms with Gasteiger partial charge in [-0.1, -0.05) is 51.1 Å². The molecule has 4 heterocycles. The number of anilines is 1. The molecule has 36 heavy (non-hydrogen) atoms. The molecule has 188 valence electrons. The van der Waals surface area contributed by atoms with Gasteiger partial charge in [-0.2, -0.15) is 10.2 Å². The highest BCUT2D eigenvalue weighted by Gasteiger charge is 2.26. The maximum atomic E-state index is 12.8. The predicted octanol–water partition coefficient (Wildman–Crippen LogP) is 5.05. The van der Waals surface area contributed by atoms with Gasteiger partial charge in [-0.15, -0.1) is 0 Å². The lowest BCUT2D eigenvalue weighted by molar-refractivity contribution is 0.0680. The Morgan fingerprint density at radius 2 is 1.64 bits per heavy atom. The van der Waals surface area contributed by atoms with Gasteiger partial charge in [-0.25, -0.2) is 9.31 Å². The van der Waals surface area contributed by atoms with Gasteiger partial charge >= 0.3 is 6.09 Å². The van der Waals surface area contributed by atoms with Crippen LogP contribution in [0.3, 0.4) is 0 Å². The molecule has 0 bridgehead atoms. The number of aryl methyl sites for hydroxylation is 1. The number of piperazine rings is 1. The first kappa shape index (κ1) is 23.9. The molecule has 1 amide bonds. The molecule has 8 heteroatoms. The molecule has 3 aromatic heterocycles. The zero-order valence-corrected chi connectivity index (χ0v) is 21.7. The number of rotatable bonds is 4. The zero-order valence-electron chi connectivity index (χ0n) is 21.7. The summed E-state index contributed by atoms with van der Waals surface area (Å²) in [5, 5.41) is 8.83. The molecule has 1 atom stereocenters. The van der Waals surface area contributed by atoms with E-state index < -0.39 is 0 Å². The van der Waals surface area contributed by atoms with Crippen LogP contribution in [-0.4, -0.2) is 56.6 Å². The second-order valence-corrected chi connectivity index (χ2v) is 10.6. The van der Waals surface area contributed by atoms with Gasteiger partial charge in [0.2, 0.25) is 0 Å². The van der Waals surface area contributed by atoms with Crippen LogP contribution in [0.1, 0.15) is 44.9 Å². The van der Waals surface area contributed by atoms with Gasteiger partial charge in [-0.3, -0.25) is 4.68 Å². The van der Waals surface area contributed by atoms with Gasteiger partial charge in [0.25, 0.3) is 0 Å². The lowest BCUT2D eigenvalue weighted by Crippen LogP contribution is -2.49. The molecule has 1 fully saturated rings. The molecule has 1 saturated heterocycles. The number of carbonyl (C=O) groups excluding carboxylic acids is 1. The number of fused-ring (bicyclic) bond motifs is 1. The van der Waals surface area contributed by atoms with Crippen molar-refractivity contribution < 1.29 is 9.53 Å². The quantitative estimate of drug-likeness (QED) is 0.404. The van der Waals surface area contributed by atoms with Crippen LogP contribution in [0.4, 0.5) is 10.5 Å². The van der Waals surface area contributed by atoms with Gasteiger partial charge in [0.15, 0.2) is 0 Å². The van der Waals surface area contributed by atoms with E-state index in [2.05, 4.69) is 72.3 Å². The predicted molar refractivity (Wildman–Crippen MR) is 141 cm³/mol. The summed E-state index contributed by atoms with van der Waals surface area (Å²) >= 11 is 0. The van der Waals surface area contributed by atoms with Crippen LogP contribution in [0.15, 0.2) is 61.2 Å². The van der Waals surface area contributed by atoms with E-state index in [0.717, 1.165) is 41.0 Å². The van der Waals surface area contributed by atoms with Crippen molar-refractivity contribution in [2.75, 3.05) is 31.1 Å².